The van der Waals surface area contributed by atoms with Gasteiger partial charge in [-0.3, -0.25) is 0 Å². The number of esters is 1. The molecule has 0 amide bonds. The van der Waals surface area contributed by atoms with E-state index in [0.717, 1.165) is 12.8 Å². The Labute approximate surface area is 98.1 Å². The van der Waals surface area contributed by atoms with E-state index in [1.807, 2.05) is 6.08 Å². The molecule has 1 unspecified atom stereocenters. The molecule has 1 atom stereocenters. The van der Waals surface area contributed by atoms with Gasteiger partial charge in [-0.05, 0) is 43.4 Å². The second kappa shape index (κ2) is 4.60. The fourth-order valence-corrected chi connectivity index (χ4v) is 2.42. The van der Waals surface area contributed by atoms with Gasteiger partial charge in [0.05, 0.1) is 0 Å². The van der Waals surface area contributed by atoms with E-state index >= 15 is 0 Å². The highest BCUT2D eigenvalue weighted by molar-refractivity contribution is 5.82. The van der Waals surface area contributed by atoms with Gasteiger partial charge in [0.25, 0.3) is 0 Å². The first-order chi connectivity index (χ1) is 7.58. The molecule has 2 fully saturated rings. The maximum atomic E-state index is 11.5. The molecule has 0 saturated heterocycles. The first-order valence-electron chi connectivity index (χ1n) is 6.47. The molecule has 0 aliphatic heterocycles. The van der Waals surface area contributed by atoms with E-state index in [4.69, 9.17) is 4.74 Å². The summed E-state index contributed by atoms with van der Waals surface area (Å²) in [5.74, 6) is 0.431. The standard InChI is InChI=1S/C14H22O2/c1-14(2)10-11(14)8-9-13(15)16-12-6-4-3-5-7-12/h8-9,11-12H,3-7,10H2,1-2H3/b9-8-. The molecule has 0 aromatic rings. The van der Waals surface area contributed by atoms with Crippen LogP contribution in [0.25, 0.3) is 0 Å². The Balaban J connectivity index is 1.71. The molecule has 2 aliphatic rings. The van der Waals surface area contributed by atoms with Crippen LogP contribution in [0.1, 0.15) is 52.4 Å². The van der Waals surface area contributed by atoms with Crippen molar-refractivity contribution in [2.45, 2.75) is 58.5 Å². The van der Waals surface area contributed by atoms with Gasteiger partial charge >= 0.3 is 5.97 Å². The minimum atomic E-state index is -0.144. The summed E-state index contributed by atoms with van der Waals surface area (Å²) in [5.41, 5.74) is 0.404. The van der Waals surface area contributed by atoms with Gasteiger partial charge in [-0.2, -0.15) is 0 Å². The predicted molar refractivity (Wildman–Crippen MR) is 64.0 cm³/mol. The molecule has 0 heterocycles. The van der Waals surface area contributed by atoms with Crippen LogP contribution in [0.2, 0.25) is 0 Å². The Hall–Kier alpha value is -0.790. The number of allylic oxidation sites excluding steroid dienone is 1. The quantitative estimate of drug-likeness (QED) is 0.540. The van der Waals surface area contributed by atoms with Gasteiger partial charge in [-0.25, -0.2) is 4.79 Å². The summed E-state index contributed by atoms with van der Waals surface area (Å²) in [6.07, 6.45) is 10.8. The second-order valence-corrected chi connectivity index (χ2v) is 5.86. The smallest absolute Gasteiger partial charge is 0.330 e. The van der Waals surface area contributed by atoms with Crippen LogP contribution in [0.3, 0.4) is 0 Å². The normalized spacial score (nSPS) is 29.2. The average molecular weight is 222 g/mol. The molecule has 0 spiro atoms. The van der Waals surface area contributed by atoms with Crippen LogP contribution < -0.4 is 0 Å². The minimum Gasteiger partial charge on any atom is -0.459 e. The molecule has 90 valence electrons. The Morgan fingerprint density at radius 1 is 1.25 bits per heavy atom. The molecular formula is C14H22O2. The van der Waals surface area contributed by atoms with Gasteiger partial charge in [0.1, 0.15) is 6.10 Å². The Morgan fingerprint density at radius 3 is 2.44 bits per heavy atom. The van der Waals surface area contributed by atoms with E-state index in [1.165, 1.54) is 25.7 Å². The molecule has 0 bridgehead atoms. The van der Waals surface area contributed by atoms with Crippen molar-refractivity contribution in [3.63, 3.8) is 0 Å². The van der Waals surface area contributed by atoms with Crippen LogP contribution in [0.4, 0.5) is 0 Å². The van der Waals surface area contributed by atoms with Gasteiger partial charge in [0.2, 0.25) is 0 Å². The lowest BCUT2D eigenvalue weighted by Gasteiger charge is -2.20. The zero-order valence-electron chi connectivity index (χ0n) is 10.4. The van der Waals surface area contributed by atoms with Crippen molar-refractivity contribution < 1.29 is 9.53 Å². The largest absolute Gasteiger partial charge is 0.459 e. The van der Waals surface area contributed by atoms with E-state index < -0.39 is 0 Å². The van der Waals surface area contributed by atoms with Gasteiger partial charge < -0.3 is 4.74 Å². The summed E-state index contributed by atoms with van der Waals surface area (Å²) in [7, 11) is 0. The van der Waals surface area contributed by atoms with Crippen molar-refractivity contribution in [2.24, 2.45) is 11.3 Å². The molecule has 0 aromatic heterocycles. The zero-order valence-corrected chi connectivity index (χ0v) is 10.4. The lowest BCUT2D eigenvalue weighted by atomic mass is 9.98. The van der Waals surface area contributed by atoms with Gasteiger partial charge in [0.15, 0.2) is 0 Å². The fraction of sp³-hybridized carbons (Fsp3) is 0.786. The summed E-state index contributed by atoms with van der Waals surface area (Å²) in [4.78, 5) is 11.5. The number of carbonyl (C=O) groups is 1. The number of carbonyl (C=O) groups excluding carboxylic acids is 1. The maximum absolute atomic E-state index is 11.5. The Kier molecular flexibility index (Phi) is 3.36. The van der Waals surface area contributed by atoms with Crippen LogP contribution in [-0.2, 0) is 9.53 Å². The predicted octanol–water partition coefficient (Wildman–Crippen LogP) is 3.46. The number of rotatable bonds is 3. The lowest BCUT2D eigenvalue weighted by Crippen LogP contribution is -2.19. The summed E-state index contributed by atoms with van der Waals surface area (Å²) in [6.45, 7) is 4.46. The summed E-state index contributed by atoms with van der Waals surface area (Å²) < 4.78 is 5.41. The van der Waals surface area contributed by atoms with Crippen molar-refractivity contribution in [1.29, 1.82) is 0 Å². The third kappa shape index (κ3) is 3.10. The van der Waals surface area contributed by atoms with E-state index in [9.17, 15) is 4.79 Å². The van der Waals surface area contributed by atoms with Crippen LogP contribution in [0.5, 0.6) is 0 Å². The number of ether oxygens (including phenoxy) is 1. The topological polar surface area (TPSA) is 26.3 Å². The van der Waals surface area contributed by atoms with Crippen LogP contribution in [0, 0.1) is 11.3 Å². The zero-order chi connectivity index (χ0) is 11.6. The SMILES string of the molecule is CC1(C)CC1/C=C\C(=O)OC1CCCCC1. The molecular weight excluding hydrogens is 200 g/mol. The molecule has 2 aliphatic carbocycles. The van der Waals surface area contributed by atoms with E-state index in [-0.39, 0.29) is 12.1 Å². The second-order valence-electron chi connectivity index (χ2n) is 5.86. The van der Waals surface area contributed by atoms with Crippen LogP contribution in [-0.4, -0.2) is 12.1 Å². The van der Waals surface area contributed by atoms with Crippen molar-refractivity contribution in [3.05, 3.63) is 12.2 Å². The van der Waals surface area contributed by atoms with Crippen molar-refractivity contribution in [2.75, 3.05) is 0 Å². The van der Waals surface area contributed by atoms with Crippen molar-refractivity contribution in [1.82, 2.24) is 0 Å². The first-order valence-corrected chi connectivity index (χ1v) is 6.47. The molecule has 0 aromatic carbocycles. The van der Waals surface area contributed by atoms with Crippen LogP contribution in [0.15, 0.2) is 12.2 Å². The molecule has 2 heteroatoms. The molecule has 2 rings (SSSR count). The molecule has 2 nitrogen and oxygen atoms in total. The Morgan fingerprint density at radius 2 is 1.88 bits per heavy atom. The summed E-state index contributed by atoms with van der Waals surface area (Å²) >= 11 is 0. The number of hydrogen-bond donors (Lipinski definition) is 0. The average Bonchev–Trinajstić information content (AvgIpc) is 2.85. The highest BCUT2D eigenvalue weighted by Crippen LogP contribution is 2.52. The maximum Gasteiger partial charge on any atom is 0.330 e. The first kappa shape index (κ1) is 11.7. The third-order valence-electron chi connectivity index (χ3n) is 3.89. The van der Waals surface area contributed by atoms with E-state index in [2.05, 4.69) is 13.8 Å². The molecule has 2 saturated carbocycles. The van der Waals surface area contributed by atoms with E-state index in [1.54, 1.807) is 6.08 Å². The fourth-order valence-electron chi connectivity index (χ4n) is 2.42. The van der Waals surface area contributed by atoms with E-state index in [0.29, 0.717) is 11.3 Å². The van der Waals surface area contributed by atoms with Crippen LogP contribution >= 0.6 is 0 Å². The molecule has 16 heavy (non-hydrogen) atoms. The number of hydrogen-bond acceptors (Lipinski definition) is 2. The summed E-state index contributed by atoms with van der Waals surface area (Å²) in [6, 6.07) is 0. The van der Waals surface area contributed by atoms with Gasteiger partial charge in [0, 0.05) is 6.08 Å². The summed E-state index contributed by atoms with van der Waals surface area (Å²) in [5, 5.41) is 0. The lowest BCUT2D eigenvalue weighted by molar-refractivity contribution is -0.144. The van der Waals surface area contributed by atoms with Gasteiger partial charge in [-0.1, -0.05) is 26.3 Å². The third-order valence-corrected chi connectivity index (χ3v) is 3.89. The highest BCUT2D eigenvalue weighted by atomic mass is 16.5. The van der Waals surface area contributed by atoms with Crippen molar-refractivity contribution in [3.8, 4) is 0 Å². The highest BCUT2D eigenvalue weighted by Gasteiger charge is 2.43. The monoisotopic (exact) mass is 222 g/mol. The molecule has 0 radical (unpaired) electrons. The van der Waals surface area contributed by atoms with Gasteiger partial charge in [-0.15, -0.1) is 0 Å². The van der Waals surface area contributed by atoms with Crippen molar-refractivity contribution >= 4 is 5.97 Å². The Bertz CT molecular complexity index is 285. The molecule has 0 N–H and O–H groups in total. The minimum absolute atomic E-state index is 0.144.